The van der Waals surface area contributed by atoms with Crippen LogP contribution in [0.1, 0.15) is 29.2 Å². The molecule has 0 aliphatic carbocycles. The van der Waals surface area contributed by atoms with Crippen LogP contribution in [0.4, 0.5) is 5.13 Å². The third-order valence-electron chi connectivity index (χ3n) is 2.92. The summed E-state index contributed by atoms with van der Waals surface area (Å²) in [6, 6.07) is 5.06. The second-order valence-corrected chi connectivity index (χ2v) is 6.18. The van der Waals surface area contributed by atoms with Crippen LogP contribution < -0.4 is 14.8 Å². The summed E-state index contributed by atoms with van der Waals surface area (Å²) in [7, 11) is 3.07. The van der Waals surface area contributed by atoms with Crippen LogP contribution >= 0.6 is 11.3 Å². The number of aromatic nitrogens is 2. The van der Waals surface area contributed by atoms with E-state index in [4.69, 9.17) is 9.47 Å². The largest absolute Gasteiger partial charge is 0.497 e. The second kappa shape index (κ2) is 7.22. The van der Waals surface area contributed by atoms with Gasteiger partial charge < -0.3 is 9.47 Å². The lowest BCUT2D eigenvalue weighted by atomic mass is 10.1. The summed E-state index contributed by atoms with van der Waals surface area (Å²) >= 11 is 1.38. The van der Waals surface area contributed by atoms with Crippen LogP contribution in [0.2, 0.25) is 0 Å². The lowest BCUT2D eigenvalue weighted by molar-refractivity contribution is 0.102. The van der Waals surface area contributed by atoms with E-state index >= 15 is 0 Å². The van der Waals surface area contributed by atoms with Crippen molar-refractivity contribution >= 4 is 22.4 Å². The molecule has 2 aromatic rings. The molecule has 0 radical (unpaired) electrons. The van der Waals surface area contributed by atoms with Crippen molar-refractivity contribution in [1.82, 2.24) is 10.2 Å². The first-order valence-electron chi connectivity index (χ1n) is 6.89. The van der Waals surface area contributed by atoms with Crippen LogP contribution in [0.3, 0.4) is 0 Å². The van der Waals surface area contributed by atoms with Gasteiger partial charge in [-0.2, -0.15) is 0 Å². The molecule has 6 nitrogen and oxygen atoms in total. The van der Waals surface area contributed by atoms with Crippen LogP contribution in [0.5, 0.6) is 11.5 Å². The minimum atomic E-state index is -0.303. The molecular formula is C15H19N3O3S. The zero-order valence-corrected chi connectivity index (χ0v) is 13.9. The number of hydrogen-bond donors (Lipinski definition) is 1. The van der Waals surface area contributed by atoms with Gasteiger partial charge >= 0.3 is 0 Å². The Balaban J connectivity index is 2.16. The van der Waals surface area contributed by atoms with Crippen LogP contribution in [-0.4, -0.2) is 30.3 Å². The van der Waals surface area contributed by atoms with Gasteiger partial charge in [-0.3, -0.25) is 10.1 Å². The first-order valence-corrected chi connectivity index (χ1v) is 7.71. The summed E-state index contributed by atoms with van der Waals surface area (Å²) < 4.78 is 10.4. The van der Waals surface area contributed by atoms with Gasteiger partial charge in [0.05, 0.1) is 19.8 Å². The average molecular weight is 321 g/mol. The van der Waals surface area contributed by atoms with Gasteiger partial charge in [0.15, 0.2) is 0 Å². The number of amides is 1. The Morgan fingerprint density at radius 2 is 2.05 bits per heavy atom. The van der Waals surface area contributed by atoms with Crippen LogP contribution in [-0.2, 0) is 6.42 Å². The summed E-state index contributed by atoms with van der Waals surface area (Å²) in [6.45, 7) is 4.22. The van der Waals surface area contributed by atoms with Crippen molar-refractivity contribution in [3.8, 4) is 11.5 Å². The summed E-state index contributed by atoms with van der Waals surface area (Å²) in [4.78, 5) is 12.4. The molecule has 1 heterocycles. The van der Waals surface area contributed by atoms with Gasteiger partial charge in [0.1, 0.15) is 16.5 Å². The van der Waals surface area contributed by atoms with Crippen molar-refractivity contribution in [3.63, 3.8) is 0 Å². The Labute approximate surface area is 133 Å². The van der Waals surface area contributed by atoms with E-state index in [9.17, 15) is 4.79 Å². The molecule has 0 bridgehead atoms. The average Bonchev–Trinajstić information content (AvgIpc) is 2.92. The highest BCUT2D eigenvalue weighted by molar-refractivity contribution is 7.15. The number of hydrogen-bond acceptors (Lipinski definition) is 6. The quantitative estimate of drug-likeness (QED) is 0.885. The lowest BCUT2D eigenvalue weighted by Gasteiger charge is -2.09. The fourth-order valence-corrected chi connectivity index (χ4v) is 2.84. The Morgan fingerprint density at radius 1 is 1.27 bits per heavy atom. The number of rotatable bonds is 6. The Bertz CT molecular complexity index is 655. The minimum Gasteiger partial charge on any atom is -0.497 e. The van der Waals surface area contributed by atoms with Crippen molar-refractivity contribution in [3.05, 3.63) is 28.8 Å². The van der Waals surface area contributed by atoms with Gasteiger partial charge in [-0.15, -0.1) is 10.2 Å². The van der Waals surface area contributed by atoms with Crippen LogP contribution in [0.25, 0.3) is 0 Å². The van der Waals surface area contributed by atoms with Crippen molar-refractivity contribution in [2.75, 3.05) is 19.5 Å². The van der Waals surface area contributed by atoms with E-state index in [1.807, 2.05) is 0 Å². The monoisotopic (exact) mass is 321 g/mol. The third kappa shape index (κ3) is 3.94. The highest BCUT2D eigenvalue weighted by atomic mass is 32.1. The number of nitrogens with one attached hydrogen (secondary N) is 1. The van der Waals surface area contributed by atoms with Crippen molar-refractivity contribution in [2.24, 2.45) is 5.92 Å². The SMILES string of the molecule is COc1ccc(OC)c(C(=O)Nc2nnc(CC(C)C)s2)c1. The maximum Gasteiger partial charge on any atom is 0.261 e. The fraction of sp³-hybridized carbons (Fsp3) is 0.400. The minimum absolute atomic E-state index is 0.303. The Hall–Kier alpha value is -2.15. The fourth-order valence-electron chi connectivity index (χ4n) is 1.89. The van der Waals surface area contributed by atoms with Crippen molar-refractivity contribution < 1.29 is 14.3 Å². The van der Waals surface area contributed by atoms with Crippen LogP contribution in [0.15, 0.2) is 18.2 Å². The van der Waals surface area contributed by atoms with Gasteiger partial charge in [0, 0.05) is 6.42 Å². The van der Waals surface area contributed by atoms with Crippen LogP contribution in [0, 0.1) is 5.92 Å². The first kappa shape index (κ1) is 16.2. The van der Waals surface area contributed by atoms with Gasteiger partial charge in [-0.1, -0.05) is 25.2 Å². The topological polar surface area (TPSA) is 73.3 Å². The van der Waals surface area contributed by atoms with E-state index in [1.54, 1.807) is 25.3 Å². The van der Waals surface area contributed by atoms with E-state index in [1.165, 1.54) is 18.4 Å². The summed E-state index contributed by atoms with van der Waals surface area (Å²) in [5, 5.41) is 12.2. The zero-order chi connectivity index (χ0) is 16.1. The molecule has 1 N–H and O–H groups in total. The molecular weight excluding hydrogens is 302 g/mol. The molecule has 1 amide bonds. The molecule has 0 fully saturated rings. The van der Waals surface area contributed by atoms with E-state index < -0.39 is 0 Å². The smallest absolute Gasteiger partial charge is 0.261 e. The molecule has 0 spiro atoms. The molecule has 0 unspecified atom stereocenters. The maximum atomic E-state index is 12.4. The molecule has 22 heavy (non-hydrogen) atoms. The van der Waals surface area contributed by atoms with Gasteiger partial charge in [-0.05, 0) is 24.1 Å². The van der Waals surface area contributed by atoms with Gasteiger partial charge in [0.2, 0.25) is 5.13 Å². The molecule has 0 atom stereocenters. The number of anilines is 1. The predicted molar refractivity (Wildman–Crippen MR) is 86.0 cm³/mol. The normalized spacial score (nSPS) is 10.6. The zero-order valence-electron chi connectivity index (χ0n) is 13.0. The Morgan fingerprint density at radius 3 is 2.68 bits per heavy atom. The van der Waals surface area contributed by atoms with E-state index in [2.05, 4.69) is 29.4 Å². The molecule has 0 aliphatic rings. The van der Waals surface area contributed by atoms with Gasteiger partial charge in [-0.25, -0.2) is 0 Å². The number of carbonyl (C=O) groups is 1. The second-order valence-electron chi connectivity index (χ2n) is 5.12. The van der Waals surface area contributed by atoms with E-state index in [0.717, 1.165) is 11.4 Å². The van der Waals surface area contributed by atoms with E-state index in [-0.39, 0.29) is 5.91 Å². The summed E-state index contributed by atoms with van der Waals surface area (Å²) in [6.07, 6.45) is 0.843. The number of carbonyl (C=O) groups excluding carboxylic acids is 1. The highest BCUT2D eigenvalue weighted by Gasteiger charge is 2.16. The molecule has 118 valence electrons. The Kier molecular flexibility index (Phi) is 5.32. The standard InChI is InChI=1S/C15H19N3O3S/c1-9(2)7-13-17-18-15(22-13)16-14(19)11-8-10(20-3)5-6-12(11)21-4/h5-6,8-9H,7H2,1-4H3,(H,16,18,19). The van der Waals surface area contributed by atoms with Gasteiger partial charge in [0.25, 0.3) is 5.91 Å². The molecule has 0 saturated heterocycles. The lowest BCUT2D eigenvalue weighted by Crippen LogP contribution is -2.13. The molecule has 1 aromatic heterocycles. The summed E-state index contributed by atoms with van der Waals surface area (Å²) in [5.41, 5.74) is 0.391. The number of methoxy groups -OCH3 is 2. The number of nitrogens with zero attached hydrogens (tertiary/aromatic N) is 2. The van der Waals surface area contributed by atoms with E-state index in [0.29, 0.717) is 28.1 Å². The molecule has 0 saturated carbocycles. The maximum absolute atomic E-state index is 12.4. The number of ether oxygens (including phenoxy) is 2. The highest BCUT2D eigenvalue weighted by Crippen LogP contribution is 2.26. The predicted octanol–water partition coefficient (Wildman–Crippen LogP) is 3.01. The van der Waals surface area contributed by atoms with Crippen molar-refractivity contribution in [1.29, 1.82) is 0 Å². The van der Waals surface area contributed by atoms with Crippen molar-refractivity contribution in [2.45, 2.75) is 20.3 Å². The molecule has 1 aromatic carbocycles. The molecule has 0 aliphatic heterocycles. The number of benzene rings is 1. The molecule has 7 heteroatoms. The third-order valence-corrected chi connectivity index (χ3v) is 3.78. The first-order chi connectivity index (χ1) is 10.5. The summed E-state index contributed by atoms with van der Waals surface area (Å²) in [5.74, 6) is 1.26. The molecule has 2 rings (SSSR count).